The lowest BCUT2D eigenvalue weighted by Crippen LogP contribution is -2.58. The van der Waals surface area contributed by atoms with Crippen LogP contribution >= 0.6 is 0 Å². The lowest BCUT2D eigenvalue weighted by Gasteiger charge is -2.48. The molecule has 240 valence electrons. The molecule has 0 unspecified atom stereocenters. The van der Waals surface area contributed by atoms with Gasteiger partial charge in [0.25, 0.3) is 5.91 Å². The van der Waals surface area contributed by atoms with Gasteiger partial charge in [0.15, 0.2) is 11.9 Å². The summed E-state index contributed by atoms with van der Waals surface area (Å²) in [6, 6.07) is 9.21. The Morgan fingerprint density at radius 1 is 1.00 bits per heavy atom. The van der Waals surface area contributed by atoms with E-state index in [2.05, 4.69) is 67.5 Å². The maximum absolute atomic E-state index is 14.2. The summed E-state index contributed by atoms with van der Waals surface area (Å²) in [6.45, 7) is 17.4. The Hall–Kier alpha value is -2.49. The van der Waals surface area contributed by atoms with Gasteiger partial charge in [-0.2, -0.15) is 0 Å². The molecule has 43 heavy (non-hydrogen) atoms. The van der Waals surface area contributed by atoms with E-state index in [-0.39, 0.29) is 46.3 Å². The van der Waals surface area contributed by atoms with E-state index in [9.17, 15) is 19.5 Å². The van der Waals surface area contributed by atoms with Crippen LogP contribution in [-0.2, 0) is 24.6 Å². The van der Waals surface area contributed by atoms with Crippen molar-refractivity contribution in [2.45, 2.75) is 128 Å². The molecule has 0 spiro atoms. The summed E-state index contributed by atoms with van der Waals surface area (Å²) in [5.74, 6) is -0.747. The van der Waals surface area contributed by atoms with Gasteiger partial charge in [-0.3, -0.25) is 19.3 Å². The second-order valence-electron chi connectivity index (χ2n) is 13.9. The number of carbonyl (C=O) groups excluding carboxylic acids is 3. The minimum atomic E-state index is -2.48. The molecule has 0 bridgehead atoms. The molecule has 1 saturated carbocycles. The molecule has 4 atom stereocenters. The van der Waals surface area contributed by atoms with E-state index in [1.807, 2.05) is 18.2 Å². The minimum absolute atomic E-state index is 0.0857. The van der Waals surface area contributed by atoms with Crippen molar-refractivity contribution in [2.75, 3.05) is 14.2 Å². The van der Waals surface area contributed by atoms with Crippen molar-refractivity contribution in [3.8, 4) is 0 Å². The molecular weight excluding hydrogens is 560 g/mol. The van der Waals surface area contributed by atoms with Crippen LogP contribution in [0.15, 0.2) is 41.7 Å². The molecule has 8 nitrogen and oxygen atoms in total. The highest BCUT2D eigenvalue weighted by molar-refractivity contribution is 6.93. The van der Waals surface area contributed by atoms with E-state index >= 15 is 0 Å². The number of carbonyl (C=O) groups is 3. The Labute approximate surface area is 259 Å². The number of nitrogens with zero attached hydrogens (tertiary/aromatic N) is 2. The molecule has 2 amide bonds. The van der Waals surface area contributed by atoms with Crippen molar-refractivity contribution in [1.29, 1.82) is 0 Å². The number of hydrogen-bond acceptors (Lipinski definition) is 6. The average molecular weight is 615 g/mol. The smallest absolute Gasteiger partial charge is 0.414 e. The number of allylic oxidation sites excluding steroid dienone is 1. The van der Waals surface area contributed by atoms with Crippen LogP contribution in [0.1, 0.15) is 93.1 Å². The highest BCUT2D eigenvalue weighted by Gasteiger charge is 2.52. The topological polar surface area (TPSA) is 96.4 Å². The van der Waals surface area contributed by atoms with Gasteiger partial charge in [-0.15, -0.1) is 0 Å². The number of Topliss-reactive ketones (excluding diaryl/α,β-unsaturated/α-hetero) is 1. The van der Waals surface area contributed by atoms with Crippen LogP contribution in [0.3, 0.4) is 0 Å². The summed E-state index contributed by atoms with van der Waals surface area (Å²) in [6.07, 6.45) is 2.53. The Bertz CT molecular complexity index is 1140. The lowest BCUT2D eigenvalue weighted by molar-refractivity contribution is -0.180. The first kappa shape index (κ1) is 35.0. The van der Waals surface area contributed by atoms with Gasteiger partial charge in [0, 0.05) is 25.6 Å². The molecule has 0 aromatic heterocycles. The number of rotatable bonds is 10. The van der Waals surface area contributed by atoms with Crippen molar-refractivity contribution >= 4 is 25.9 Å². The molecule has 1 aromatic carbocycles. The Morgan fingerprint density at radius 3 is 2.09 bits per heavy atom. The maximum atomic E-state index is 14.2. The van der Waals surface area contributed by atoms with E-state index < -0.39 is 32.2 Å². The number of hydrogen-bond donors (Lipinski definition) is 1. The summed E-state index contributed by atoms with van der Waals surface area (Å²) in [7, 11) is 0.244. The van der Waals surface area contributed by atoms with Crippen molar-refractivity contribution in [2.24, 2.45) is 5.92 Å². The third-order valence-electron chi connectivity index (χ3n) is 10.5. The third kappa shape index (κ3) is 6.78. The van der Waals surface area contributed by atoms with Crippen molar-refractivity contribution in [1.82, 2.24) is 9.96 Å². The fourth-order valence-corrected chi connectivity index (χ4v) is 15.0. The Morgan fingerprint density at radius 2 is 1.56 bits per heavy atom. The number of ether oxygens (including phenoxy) is 1. The summed E-state index contributed by atoms with van der Waals surface area (Å²) in [5, 5.41) is 12.9. The van der Waals surface area contributed by atoms with Gasteiger partial charge in [0.1, 0.15) is 14.2 Å². The van der Waals surface area contributed by atoms with E-state index in [0.717, 1.165) is 30.7 Å². The SMILES string of the molecule is CON(C)C(=O)[C@H](O)[C@H]1CC(=O)C([Si](C(C)C)(C(C)C)C(C)C)=CN1C(=O)O[C@H]1CCCC[C@@H]1C(C)(C)c1ccccc1. The molecule has 1 heterocycles. The van der Waals surface area contributed by atoms with Crippen LogP contribution < -0.4 is 0 Å². The predicted octanol–water partition coefficient (Wildman–Crippen LogP) is 6.79. The first-order chi connectivity index (χ1) is 20.1. The number of hydroxylamine groups is 2. The number of aliphatic hydroxyl groups excluding tert-OH is 1. The van der Waals surface area contributed by atoms with Gasteiger partial charge in [-0.25, -0.2) is 9.86 Å². The first-order valence-corrected chi connectivity index (χ1v) is 18.1. The van der Waals surface area contributed by atoms with Crippen LogP contribution in [0.4, 0.5) is 4.79 Å². The monoisotopic (exact) mass is 614 g/mol. The van der Waals surface area contributed by atoms with E-state index in [1.54, 1.807) is 6.20 Å². The zero-order valence-corrected chi connectivity index (χ0v) is 28.9. The highest BCUT2D eigenvalue weighted by Crippen LogP contribution is 2.49. The van der Waals surface area contributed by atoms with Crippen LogP contribution in [0.25, 0.3) is 0 Å². The van der Waals surface area contributed by atoms with Crippen molar-refractivity contribution in [3.63, 3.8) is 0 Å². The number of ketones is 1. The van der Waals surface area contributed by atoms with Gasteiger partial charge >= 0.3 is 6.09 Å². The molecule has 1 N–H and O–H groups in total. The third-order valence-corrected chi connectivity index (χ3v) is 17.5. The number of amides is 2. The Balaban J connectivity index is 2.08. The molecule has 9 heteroatoms. The predicted molar refractivity (Wildman–Crippen MR) is 172 cm³/mol. The first-order valence-electron chi connectivity index (χ1n) is 15.9. The number of aliphatic hydroxyl groups is 1. The summed E-state index contributed by atoms with van der Waals surface area (Å²) < 4.78 is 6.36. The normalized spacial score (nSPS) is 22.6. The van der Waals surface area contributed by atoms with Gasteiger partial charge < -0.3 is 9.84 Å². The number of likely N-dealkylation sites (N-methyl/N-ethyl adjacent to an activating group) is 1. The van der Waals surface area contributed by atoms with Crippen LogP contribution in [0, 0.1) is 5.92 Å². The van der Waals surface area contributed by atoms with Crippen LogP contribution in [0.2, 0.25) is 16.6 Å². The van der Waals surface area contributed by atoms with Crippen molar-refractivity contribution < 1.29 is 29.1 Å². The maximum Gasteiger partial charge on any atom is 0.414 e. The quantitative estimate of drug-likeness (QED) is 0.230. The molecule has 1 aromatic rings. The Kier molecular flexibility index (Phi) is 11.5. The van der Waals surface area contributed by atoms with E-state index in [1.165, 1.54) is 24.6 Å². The fraction of sp³-hybridized carbons (Fsp3) is 0.676. The second-order valence-corrected chi connectivity index (χ2v) is 19.8. The molecule has 3 rings (SSSR count). The van der Waals surface area contributed by atoms with Gasteiger partial charge in [0.05, 0.1) is 13.2 Å². The zero-order chi connectivity index (χ0) is 32.3. The zero-order valence-electron chi connectivity index (χ0n) is 27.9. The van der Waals surface area contributed by atoms with E-state index in [0.29, 0.717) is 5.20 Å². The summed E-state index contributed by atoms with van der Waals surface area (Å²) in [5.41, 5.74) is 1.65. The summed E-state index contributed by atoms with van der Waals surface area (Å²) >= 11 is 0. The van der Waals surface area contributed by atoms with Crippen LogP contribution in [0.5, 0.6) is 0 Å². The van der Waals surface area contributed by atoms with Gasteiger partial charge in [-0.1, -0.05) is 92.1 Å². The molecule has 1 fully saturated rings. The molecule has 2 aliphatic rings. The second kappa shape index (κ2) is 14.1. The number of benzene rings is 1. The standard InChI is InChI=1S/C34H54N2O6Si/c1-22(2)43(23(3)4,24(5)6)30-21-36(27(20-28(30)37)31(38)32(39)35(9)41-10)33(40)42-29-19-15-14-18-26(29)34(7,8)25-16-12-11-13-17-25/h11-13,16-17,21-24,26-27,29,31,38H,14-15,18-20H2,1-10H3/t26-,27+,29-,31+/m0/s1. The van der Waals surface area contributed by atoms with Crippen molar-refractivity contribution in [3.05, 3.63) is 47.3 Å². The van der Waals surface area contributed by atoms with Gasteiger partial charge in [0.2, 0.25) is 0 Å². The average Bonchev–Trinajstić information content (AvgIpc) is 2.96. The molecule has 0 saturated heterocycles. The van der Waals surface area contributed by atoms with Crippen LogP contribution in [-0.4, -0.2) is 73.3 Å². The largest absolute Gasteiger partial charge is 0.446 e. The summed E-state index contributed by atoms with van der Waals surface area (Å²) in [4.78, 5) is 47.6. The highest BCUT2D eigenvalue weighted by atomic mass is 28.3. The van der Waals surface area contributed by atoms with E-state index in [4.69, 9.17) is 9.57 Å². The molecule has 0 radical (unpaired) electrons. The molecular formula is C34H54N2O6Si. The fourth-order valence-electron chi connectivity index (χ4n) is 8.22. The lowest BCUT2D eigenvalue weighted by atomic mass is 9.66. The minimum Gasteiger partial charge on any atom is -0.446 e. The molecule has 1 aliphatic heterocycles. The van der Waals surface area contributed by atoms with Gasteiger partial charge in [-0.05, 0) is 52.1 Å². The molecule has 1 aliphatic carbocycles.